The molecule has 3 aromatic rings. The molecule has 206 valence electrons. The standard InChI is InChI=1S/C36H50O2/c1-3-5-7-9-11-13-25-37-33-23-21-29-28-18-16-20-32-34(38-26-14-12-10-8-6-4-2)24-22-30(36(28)32)27-17-15-19-31(33)35(27)29/h21-24H,3-20,25-26H2,1-2H3. The van der Waals surface area contributed by atoms with Crippen LogP contribution in [0.5, 0.6) is 11.5 Å². The summed E-state index contributed by atoms with van der Waals surface area (Å²) in [5, 5.41) is 6.02. The highest BCUT2D eigenvalue weighted by Crippen LogP contribution is 2.46. The highest BCUT2D eigenvalue weighted by molar-refractivity contribution is 6.10. The zero-order valence-electron chi connectivity index (χ0n) is 24.3. The van der Waals surface area contributed by atoms with Gasteiger partial charge in [-0.25, -0.2) is 0 Å². The molecule has 0 N–H and O–H groups in total. The molecule has 0 bridgehead atoms. The fourth-order valence-corrected chi connectivity index (χ4v) is 7.02. The zero-order valence-corrected chi connectivity index (χ0v) is 24.3. The molecule has 0 radical (unpaired) electrons. The Kier molecular flexibility index (Phi) is 9.88. The SMILES string of the molecule is CCCCCCCCOc1ccc2c3c4c(c(OCCCCCCCC)ccc4c4c2c1CCC4)CCC3. The van der Waals surface area contributed by atoms with Crippen LogP contribution in [0.4, 0.5) is 0 Å². The van der Waals surface area contributed by atoms with Crippen LogP contribution in [0.3, 0.4) is 0 Å². The van der Waals surface area contributed by atoms with Crippen molar-refractivity contribution in [3.8, 4) is 11.5 Å². The number of unbranched alkanes of at least 4 members (excludes halogenated alkanes) is 10. The van der Waals surface area contributed by atoms with E-state index in [0.717, 1.165) is 37.6 Å². The normalized spacial score (nSPS) is 14.4. The number of rotatable bonds is 16. The Balaban J connectivity index is 1.37. The summed E-state index contributed by atoms with van der Waals surface area (Å²) in [7, 11) is 0. The van der Waals surface area contributed by atoms with Gasteiger partial charge in [-0.2, -0.15) is 0 Å². The van der Waals surface area contributed by atoms with E-state index in [1.54, 1.807) is 11.1 Å². The van der Waals surface area contributed by atoms with E-state index in [1.807, 2.05) is 0 Å². The molecule has 0 aliphatic heterocycles. The van der Waals surface area contributed by atoms with Crippen molar-refractivity contribution in [3.63, 3.8) is 0 Å². The zero-order chi connectivity index (χ0) is 26.2. The number of hydrogen-bond acceptors (Lipinski definition) is 2. The second-order valence-electron chi connectivity index (χ2n) is 11.8. The smallest absolute Gasteiger partial charge is 0.123 e. The summed E-state index contributed by atoms with van der Waals surface area (Å²) in [5.74, 6) is 2.29. The van der Waals surface area contributed by atoms with Gasteiger partial charge in [0.2, 0.25) is 0 Å². The van der Waals surface area contributed by atoms with Gasteiger partial charge in [0.25, 0.3) is 0 Å². The van der Waals surface area contributed by atoms with E-state index >= 15 is 0 Å². The molecule has 0 unspecified atom stereocenters. The Bertz CT molecular complexity index is 1110. The van der Waals surface area contributed by atoms with E-state index in [-0.39, 0.29) is 0 Å². The highest BCUT2D eigenvalue weighted by atomic mass is 16.5. The fourth-order valence-electron chi connectivity index (χ4n) is 7.02. The molecular formula is C36H50O2. The van der Waals surface area contributed by atoms with E-state index in [9.17, 15) is 0 Å². The third kappa shape index (κ3) is 6.00. The molecule has 0 saturated carbocycles. The molecule has 0 amide bonds. The first kappa shape index (κ1) is 27.4. The van der Waals surface area contributed by atoms with Crippen molar-refractivity contribution in [1.29, 1.82) is 0 Å². The van der Waals surface area contributed by atoms with Gasteiger partial charge in [0.05, 0.1) is 13.2 Å². The van der Waals surface area contributed by atoms with Crippen LogP contribution in [0.15, 0.2) is 24.3 Å². The van der Waals surface area contributed by atoms with Crippen molar-refractivity contribution >= 4 is 21.5 Å². The molecule has 2 heteroatoms. The molecular weight excluding hydrogens is 464 g/mol. The van der Waals surface area contributed by atoms with E-state index in [0.29, 0.717) is 0 Å². The molecule has 2 aliphatic rings. The minimum atomic E-state index is 0.851. The average Bonchev–Trinajstić information content (AvgIpc) is 2.95. The monoisotopic (exact) mass is 514 g/mol. The fraction of sp³-hybridized carbons (Fsp3) is 0.611. The van der Waals surface area contributed by atoms with Crippen LogP contribution in [0.1, 0.15) is 126 Å². The number of hydrogen-bond donors (Lipinski definition) is 0. The number of benzene rings is 3. The van der Waals surface area contributed by atoms with Crippen LogP contribution in [0, 0.1) is 0 Å². The summed E-state index contributed by atoms with van der Waals surface area (Å²) < 4.78 is 12.9. The Morgan fingerprint density at radius 1 is 0.474 bits per heavy atom. The predicted molar refractivity (Wildman–Crippen MR) is 163 cm³/mol. The van der Waals surface area contributed by atoms with Gasteiger partial charge in [-0.05, 0) is 96.2 Å². The van der Waals surface area contributed by atoms with Crippen molar-refractivity contribution in [2.75, 3.05) is 13.2 Å². The van der Waals surface area contributed by atoms with E-state index in [1.165, 1.54) is 135 Å². The van der Waals surface area contributed by atoms with Crippen molar-refractivity contribution < 1.29 is 9.47 Å². The van der Waals surface area contributed by atoms with Gasteiger partial charge in [0, 0.05) is 11.1 Å². The summed E-state index contributed by atoms with van der Waals surface area (Å²) in [4.78, 5) is 0. The van der Waals surface area contributed by atoms with Gasteiger partial charge in [-0.3, -0.25) is 0 Å². The summed E-state index contributed by atoms with van der Waals surface area (Å²) in [6.07, 6.45) is 22.8. The highest BCUT2D eigenvalue weighted by Gasteiger charge is 2.26. The first-order valence-electron chi connectivity index (χ1n) is 16.1. The molecule has 0 aromatic heterocycles. The lowest BCUT2D eigenvalue weighted by atomic mass is 9.78. The molecule has 5 rings (SSSR count). The topological polar surface area (TPSA) is 18.5 Å². The maximum atomic E-state index is 6.44. The first-order valence-corrected chi connectivity index (χ1v) is 16.1. The first-order chi connectivity index (χ1) is 18.8. The third-order valence-corrected chi connectivity index (χ3v) is 9.01. The summed E-state index contributed by atoms with van der Waals surface area (Å²) in [5.41, 5.74) is 6.08. The van der Waals surface area contributed by atoms with Crippen molar-refractivity contribution in [2.24, 2.45) is 0 Å². The molecule has 3 aromatic carbocycles. The number of ether oxygens (including phenoxy) is 2. The minimum Gasteiger partial charge on any atom is -0.493 e. The van der Waals surface area contributed by atoms with Crippen LogP contribution in [0.25, 0.3) is 21.5 Å². The van der Waals surface area contributed by atoms with Gasteiger partial charge in [-0.1, -0.05) is 90.2 Å². The van der Waals surface area contributed by atoms with Crippen LogP contribution < -0.4 is 9.47 Å². The average molecular weight is 515 g/mol. The molecule has 2 nitrogen and oxygen atoms in total. The van der Waals surface area contributed by atoms with Crippen molar-refractivity contribution in [2.45, 2.75) is 129 Å². The lowest BCUT2D eigenvalue weighted by molar-refractivity contribution is 0.301. The summed E-state index contributed by atoms with van der Waals surface area (Å²) in [6.45, 7) is 6.27. The van der Waals surface area contributed by atoms with Crippen LogP contribution >= 0.6 is 0 Å². The second-order valence-corrected chi connectivity index (χ2v) is 11.8. The van der Waals surface area contributed by atoms with Crippen LogP contribution in [-0.2, 0) is 25.7 Å². The molecule has 0 spiro atoms. The second kappa shape index (κ2) is 13.7. The lowest BCUT2D eigenvalue weighted by Gasteiger charge is -2.28. The number of fused-ring (bicyclic) bond motifs is 2. The third-order valence-electron chi connectivity index (χ3n) is 9.01. The molecule has 0 saturated heterocycles. The molecule has 0 fully saturated rings. The maximum absolute atomic E-state index is 6.44. The van der Waals surface area contributed by atoms with E-state index in [4.69, 9.17) is 9.47 Å². The predicted octanol–water partition coefficient (Wildman–Crippen LogP) is 10.4. The van der Waals surface area contributed by atoms with Gasteiger partial charge in [0.15, 0.2) is 0 Å². The van der Waals surface area contributed by atoms with Crippen molar-refractivity contribution in [3.05, 3.63) is 46.5 Å². The Hall–Kier alpha value is -2.22. The molecule has 2 aliphatic carbocycles. The quantitative estimate of drug-likeness (QED) is 0.140. The molecule has 38 heavy (non-hydrogen) atoms. The Labute approximate surface area is 231 Å². The van der Waals surface area contributed by atoms with Gasteiger partial charge >= 0.3 is 0 Å². The lowest BCUT2D eigenvalue weighted by Crippen LogP contribution is -2.12. The van der Waals surface area contributed by atoms with Gasteiger partial charge < -0.3 is 9.47 Å². The summed E-state index contributed by atoms with van der Waals surface area (Å²) in [6, 6.07) is 9.36. The summed E-state index contributed by atoms with van der Waals surface area (Å²) >= 11 is 0. The van der Waals surface area contributed by atoms with E-state index < -0.39 is 0 Å². The van der Waals surface area contributed by atoms with Gasteiger partial charge in [-0.15, -0.1) is 0 Å². The van der Waals surface area contributed by atoms with E-state index in [2.05, 4.69) is 38.1 Å². The molecule has 0 atom stereocenters. The van der Waals surface area contributed by atoms with Crippen LogP contribution in [0.2, 0.25) is 0 Å². The van der Waals surface area contributed by atoms with Crippen LogP contribution in [-0.4, -0.2) is 13.2 Å². The number of aryl methyl sites for hydroxylation is 4. The Morgan fingerprint density at radius 2 is 0.868 bits per heavy atom. The minimum absolute atomic E-state index is 0.851. The Morgan fingerprint density at radius 3 is 1.32 bits per heavy atom. The largest absolute Gasteiger partial charge is 0.493 e. The van der Waals surface area contributed by atoms with Gasteiger partial charge in [0.1, 0.15) is 11.5 Å². The molecule has 0 heterocycles. The maximum Gasteiger partial charge on any atom is 0.123 e. The van der Waals surface area contributed by atoms with Crippen molar-refractivity contribution in [1.82, 2.24) is 0 Å².